The number of aromatic nitrogens is 2. The van der Waals surface area contributed by atoms with Gasteiger partial charge in [0.2, 0.25) is 0 Å². The van der Waals surface area contributed by atoms with Gasteiger partial charge < -0.3 is 9.88 Å². The molecule has 114 valence electrons. The van der Waals surface area contributed by atoms with E-state index in [1.165, 1.54) is 12.3 Å². The molecule has 3 heterocycles. The summed E-state index contributed by atoms with van der Waals surface area (Å²) in [6.45, 7) is 2.46. The van der Waals surface area contributed by atoms with Crippen molar-refractivity contribution < 1.29 is 4.79 Å². The molecule has 1 fully saturated rings. The van der Waals surface area contributed by atoms with Crippen LogP contribution in [0.3, 0.4) is 0 Å². The van der Waals surface area contributed by atoms with Crippen LogP contribution in [0.5, 0.6) is 0 Å². The van der Waals surface area contributed by atoms with E-state index >= 15 is 0 Å². The van der Waals surface area contributed by atoms with E-state index in [1.807, 2.05) is 18.2 Å². The number of hydrogen-bond donors (Lipinski definition) is 1. The van der Waals surface area contributed by atoms with Crippen LogP contribution in [0.15, 0.2) is 41.5 Å². The van der Waals surface area contributed by atoms with E-state index in [9.17, 15) is 9.59 Å². The number of carbonyl (C=O) groups excluding carboxylic acids is 1. The standard InChI is InChI=1S/C17H19N3O2/c1-12-10-16(21)13(11-19-12)17(22)20-9-5-3-7-15(20)14-6-2-4-8-18-14/h2,4,6,8,10-11,15H,3,5,7,9H2,1H3,(H,19,21)/t15-/m1/s1. The molecule has 3 rings (SSSR count). The van der Waals surface area contributed by atoms with Gasteiger partial charge in [0.15, 0.2) is 5.43 Å². The summed E-state index contributed by atoms with van der Waals surface area (Å²) in [6.07, 6.45) is 6.16. The van der Waals surface area contributed by atoms with E-state index in [4.69, 9.17) is 0 Å². The SMILES string of the molecule is Cc1cc(=O)c(C(=O)N2CCCC[C@@H]2c2ccccn2)c[nH]1. The number of hydrogen-bond acceptors (Lipinski definition) is 3. The van der Waals surface area contributed by atoms with Gasteiger partial charge in [-0.15, -0.1) is 0 Å². The third-order valence-corrected chi connectivity index (χ3v) is 4.08. The first-order valence-corrected chi connectivity index (χ1v) is 7.58. The van der Waals surface area contributed by atoms with Gasteiger partial charge in [-0.25, -0.2) is 0 Å². The first kappa shape index (κ1) is 14.5. The maximum Gasteiger partial charge on any atom is 0.259 e. The number of pyridine rings is 2. The lowest BCUT2D eigenvalue weighted by atomic mass is 9.98. The smallest absolute Gasteiger partial charge is 0.259 e. The lowest BCUT2D eigenvalue weighted by Gasteiger charge is -2.35. The van der Waals surface area contributed by atoms with Gasteiger partial charge in [-0.05, 0) is 38.3 Å². The number of nitrogens with zero attached hydrogens (tertiary/aromatic N) is 2. The molecule has 22 heavy (non-hydrogen) atoms. The van der Waals surface area contributed by atoms with Crippen LogP contribution in [-0.2, 0) is 0 Å². The quantitative estimate of drug-likeness (QED) is 0.926. The summed E-state index contributed by atoms with van der Waals surface area (Å²) in [5.74, 6) is -0.211. The second-order valence-corrected chi connectivity index (χ2v) is 5.66. The third kappa shape index (κ3) is 2.79. The van der Waals surface area contributed by atoms with Crippen molar-refractivity contribution in [3.8, 4) is 0 Å². The maximum absolute atomic E-state index is 12.8. The number of likely N-dealkylation sites (tertiary alicyclic amines) is 1. The zero-order chi connectivity index (χ0) is 15.5. The van der Waals surface area contributed by atoms with Crippen LogP contribution in [0.1, 0.15) is 47.1 Å². The largest absolute Gasteiger partial charge is 0.364 e. The molecule has 1 N–H and O–H groups in total. The Morgan fingerprint density at radius 2 is 2.23 bits per heavy atom. The van der Waals surface area contributed by atoms with E-state index in [0.29, 0.717) is 6.54 Å². The Kier molecular flexibility index (Phi) is 4.04. The van der Waals surface area contributed by atoms with Gasteiger partial charge in [0.05, 0.1) is 11.7 Å². The highest BCUT2D eigenvalue weighted by Gasteiger charge is 2.30. The van der Waals surface area contributed by atoms with Gasteiger partial charge in [0.1, 0.15) is 5.56 Å². The minimum absolute atomic E-state index is 0.0526. The van der Waals surface area contributed by atoms with Crippen molar-refractivity contribution in [3.63, 3.8) is 0 Å². The van der Waals surface area contributed by atoms with E-state index in [2.05, 4.69) is 9.97 Å². The van der Waals surface area contributed by atoms with E-state index in [1.54, 1.807) is 18.0 Å². The molecule has 2 aromatic heterocycles. The fraction of sp³-hybridized carbons (Fsp3) is 0.353. The van der Waals surface area contributed by atoms with Crippen molar-refractivity contribution in [2.45, 2.75) is 32.2 Å². The molecule has 2 aromatic rings. The molecule has 0 radical (unpaired) electrons. The first-order valence-electron chi connectivity index (χ1n) is 7.58. The molecule has 0 saturated carbocycles. The Labute approximate surface area is 129 Å². The number of amides is 1. The topological polar surface area (TPSA) is 66.1 Å². The molecule has 1 saturated heterocycles. The molecule has 1 atom stereocenters. The van der Waals surface area contributed by atoms with Gasteiger partial charge in [-0.2, -0.15) is 0 Å². The second-order valence-electron chi connectivity index (χ2n) is 5.66. The summed E-state index contributed by atoms with van der Waals surface area (Å²) in [4.78, 5) is 34.0. The van der Waals surface area contributed by atoms with E-state index in [-0.39, 0.29) is 22.9 Å². The van der Waals surface area contributed by atoms with Crippen LogP contribution in [0.2, 0.25) is 0 Å². The van der Waals surface area contributed by atoms with Gasteiger partial charge in [-0.3, -0.25) is 14.6 Å². The highest BCUT2D eigenvalue weighted by Crippen LogP contribution is 2.30. The third-order valence-electron chi connectivity index (χ3n) is 4.08. The summed E-state index contributed by atoms with van der Waals surface area (Å²) in [5.41, 5.74) is 1.61. The minimum Gasteiger partial charge on any atom is -0.364 e. The van der Waals surface area contributed by atoms with Crippen molar-refractivity contribution in [1.29, 1.82) is 0 Å². The lowest BCUT2D eigenvalue weighted by molar-refractivity contribution is 0.0604. The van der Waals surface area contributed by atoms with Crippen molar-refractivity contribution in [2.24, 2.45) is 0 Å². The normalized spacial score (nSPS) is 18.2. The Balaban J connectivity index is 1.93. The minimum atomic E-state index is -0.230. The number of nitrogens with one attached hydrogen (secondary N) is 1. The highest BCUT2D eigenvalue weighted by atomic mass is 16.2. The predicted octanol–water partition coefficient (Wildman–Crippen LogP) is 2.45. The molecule has 0 spiro atoms. The molecule has 1 aliphatic heterocycles. The molecule has 0 aromatic carbocycles. The summed E-state index contributed by atoms with van der Waals surface area (Å²) >= 11 is 0. The fourth-order valence-electron chi connectivity index (χ4n) is 2.95. The number of H-pyrrole nitrogens is 1. The van der Waals surface area contributed by atoms with Crippen molar-refractivity contribution >= 4 is 5.91 Å². The Hall–Kier alpha value is -2.43. The fourth-order valence-corrected chi connectivity index (χ4v) is 2.95. The van der Waals surface area contributed by atoms with Crippen LogP contribution in [-0.4, -0.2) is 27.3 Å². The van der Waals surface area contributed by atoms with Gasteiger partial charge >= 0.3 is 0 Å². The zero-order valence-electron chi connectivity index (χ0n) is 12.6. The van der Waals surface area contributed by atoms with Crippen molar-refractivity contribution in [2.75, 3.05) is 6.54 Å². The van der Waals surface area contributed by atoms with Gasteiger partial charge in [0.25, 0.3) is 5.91 Å². The summed E-state index contributed by atoms with van der Waals surface area (Å²) in [7, 11) is 0. The molecule has 0 unspecified atom stereocenters. The Morgan fingerprint density at radius 1 is 1.36 bits per heavy atom. The average molecular weight is 297 g/mol. The number of carbonyl (C=O) groups is 1. The molecule has 0 bridgehead atoms. The van der Waals surface area contributed by atoms with Crippen LogP contribution >= 0.6 is 0 Å². The van der Waals surface area contributed by atoms with E-state index < -0.39 is 0 Å². The molecule has 1 amide bonds. The summed E-state index contributed by atoms with van der Waals surface area (Å²) in [6, 6.07) is 7.15. The number of aromatic amines is 1. The van der Waals surface area contributed by atoms with Crippen LogP contribution in [0, 0.1) is 6.92 Å². The van der Waals surface area contributed by atoms with Crippen LogP contribution in [0.25, 0.3) is 0 Å². The maximum atomic E-state index is 12.8. The van der Waals surface area contributed by atoms with Gasteiger partial charge in [0, 0.05) is 30.7 Å². The summed E-state index contributed by atoms with van der Waals surface area (Å²) in [5, 5.41) is 0. The molecule has 0 aliphatic carbocycles. The monoisotopic (exact) mass is 297 g/mol. The van der Waals surface area contributed by atoms with Crippen LogP contribution in [0.4, 0.5) is 0 Å². The first-order chi connectivity index (χ1) is 10.7. The summed E-state index contributed by atoms with van der Waals surface area (Å²) < 4.78 is 0. The van der Waals surface area contributed by atoms with Crippen LogP contribution < -0.4 is 5.43 Å². The molecular weight excluding hydrogens is 278 g/mol. The second kappa shape index (κ2) is 6.13. The predicted molar refractivity (Wildman–Crippen MR) is 83.7 cm³/mol. The van der Waals surface area contributed by atoms with Crippen molar-refractivity contribution in [3.05, 3.63) is 63.8 Å². The van der Waals surface area contributed by atoms with Gasteiger partial charge in [-0.1, -0.05) is 6.07 Å². The zero-order valence-corrected chi connectivity index (χ0v) is 12.6. The Morgan fingerprint density at radius 3 is 2.95 bits per heavy atom. The Bertz CT molecular complexity index is 724. The molecule has 5 nitrogen and oxygen atoms in total. The lowest BCUT2D eigenvalue weighted by Crippen LogP contribution is -2.40. The highest BCUT2D eigenvalue weighted by molar-refractivity contribution is 5.94. The average Bonchev–Trinajstić information content (AvgIpc) is 2.55. The van der Waals surface area contributed by atoms with Crippen molar-refractivity contribution in [1.82, 2.24) is 14.9 Å². The molecular formula is C17H19N3O2. The number of piperidine rings is 1. The number of aryl methyl sites for hydroxylation is 1. The molecule has 5 heteroatoms. The van der Waals surface area contributed by atoms with E-state index in [0.717, 1.165) is 30.7 Å². The molecule has 1 aliphatic rings. The number of rotatable bonds is 2.